The molecule has 2 amide bonds. The molecule has 0 radical (unpaired) electrons. The molecule has 124 valence electrons. The van der Waals surface area contributed by atoms with Gasteiger partial charge in [0.2, 0.25) is 5.91 Å². The number of imide groups is 1. The van der Waals surface area contributed by atoms with Gasteiger partial charge in [0, 0.05) is 12.5 Å². The summed E-state index contributed by atoms with van der Waals surface area (Å²) in [5.41, 5.74) is -2.18. The lowest BCUT2D eigenvalue weighted by Crippen LogP contribution is -2.56. The van der Waals surface area contributed by atoms with E-state index in [9.17, 15) is 24.5 Å². The van der Waals surface area contributed by atoms with Crippen molar-refractivity contribution in [3.05, 3.63) is 44.5 Å². The van der Waals surface area contributed by atoms with Gasteiger partial charge in [-0.1, -0.05) is 6.07 Å². The maximum absolute atomic E-state index is 13.0. The number of piperidine rings is 1. The molecule has 0 bridgehead atoms. The third-order valence-corrected chi connectivity index (χ3v) is 4.31. The Morgan fingerprint density at radius 2 is 2.04 bits per heavy atom. The smallest absolute Gasteiger partial charge is 0.284 e. The molecule has 2 aromatic rings. The first-order valence-electron chi connectivity index (χ1n) is 7.27. The van der Waals surface area contributed by atoms with Gasteiger partial charge < -0.3 is 0 Å². The molecule has 1 aliphatic heterocycles. The van der Waals surface area contributed by atoms with E-state index in [4.69, 9.17) is 0 Å². The van der Waals surface area contributed by atoms with Crippen molar-refractivity contribution in [2.45, 2.75) is 32.2 Å². The van der Waals surface area contributed by atoms with E-state index in [1.165, 1.54) is 25.1 Å². The van der Waals surface area contributed by atoms with Crippen LogP contribution < -0.4 is 10.9 Å². The molecule has 9 heteroatoms. The molecule has 0 unspecified atom stereocenters. The fourth-order valence-electron chi connectivity index (χ4n) is 3.06. The fourth-order valence-corrected chi connectivity index (χ4v) is 3.06. The van der Waals surface area contributed by atoms with E-state index in [1.807, 2.05) is 0 Å². The molecule has 1 fully saturated rings. The molecule has 24 heavy (non-hydrogen) atoms. The predicted molar refractivity (Wildman–Crippen MR) is 83.4 cm³/mol. The van der Waals surface area contributed by atoms with Crippen molar-refractivity contribution in [1.29, 1.82) is 0 Å². The Kier molecular flexibility index (Phi) is 3.43. The Bertz CT molecular complexity index is 964. The Hall–Kier alpha value is -3.10. The third kappa shape index (κ3) is 2.16. The minimum absolute atomic E-state index is 0.0725. The van der Waals surface area contributed by atoms with Crippen molar-refractivity contribution in [3.63, 3.8) is 0 Å². The van der Waals surface area contributed by atoms with Gasteiger partial charge in [-0.3, -0.25) is 34.4 Å². The number of aromatic nitrogens is 2. The first kappa shape index (κ1) is 15.8. The summed E-state index contributed by atoms with van der Waals surface area (Å²) in [5, 5.41) is 13.3. The zero-order valence-electron chi connectivity index (χ0n) is 13.0. The summed E-state index contributed by atoms with van der Waals surface area (Å²) in [7, 11) is 0. The molecule has 1 atom stereocenters. The van der Waals surface area contributed by atoms with E-state index in [-0.39, 0.29) is 35.3 Å². The number of rotatable bonds is 2. The number of nitro groups is 1. The highest BCUT2D eigenvalue weighted by atomic mass is 16.6. The standard InChI is InChI=1S/C15H14N4O5/c1-8-16-9-4-3-5-10(19(23)24)12(9)13(21)18(8)15(2)7-6-11(20)17-14(15)22/h3-5H,6-7H2,1-2H3,(H,17,20,22)/t15-/m1/s1. The number of nitro benzene ring substituents is 1. The van der Waals surface area contributed by atoms with Crippen LogP contribution in [0.5, 0.6) is 0 Å². The molecule has 2 heterocycles. The molecule has 3 rings (SSSR count). The molecule has 1 saturated heterocycles. The number of aryl methyl sites for hydroxylation is 1. The fraction of sp³-hybridized carbons (Fsp3) is 0.333. The summed E-state index contributed by atoms with van der Waals surface area (Å²) in [6.07, 6.45) is 0.190. The number of hydrogen-bond acceptors (Lipinski definition) is 6. The van der Waals surface area contributed by atoms with Crippen LogP contribution in [0.4, 0.5) is 5.69 Å². The topological polar surface area (TPSA) is 124 Å². The number of carbonyl (C=O) groups is 2. The predicted octanol–water partition coefficient (Wildman–Crippen LogP) is 0.765. The Labute approximate surface area is 135 Å². The van der Waals surface area contributed by atoms with E-state index in [1.54, 1.807) is 6.92 Å². The molecule has 1 aromatic heterocycles. The Morgan fingerprint density at radius 3 is 2.67 bits per heavy atom. The molecular formula is C15H14N4O5. The van der Waals surface area contributed by atoms with Crippen LogP contribution in [0, 0.1) is 17.0 Å². The van der Waals surface area contributed by atoms with Crippen LogP contribution in [0.15, 0.2) is 23.0 Å². The largest absolute Gasteiger partial charge is 0.294 e. The van der Waals surface area contributed by atoms with Crippen molar-refractivity contribution in [2.75, 3.05) is 0 Å². The summed E-state index contributed by atoms with van der Waals surface area (Å²) < 4.78 is 1.14. The van der Waals surface area contributed by atoms with Crippen LogP contribution in [0.2, 0.25) is 0 Å². The second-order valence-electron chi connectivity index (χ2n) is 5.88. The molecule has 0 spiro atoms. The molecule has 1 aromatic carbocycles. The number of carbonyl (C=O) groups excluding carboxylic acids is 2. The second-order valence-corrected chi connectivity index (χ2v) is 5.88. The number of nitrogens with zero attached hydrogens (tertiary/aromatic N) is 3. The number of fused-ring (bicyclic) bond motifs is 1. The quantitative estimate of drug-likeness (QED) is 0.492. The molecular weight excluding hydrogens is 316 g/mol. The maximum atomic E-state index is 13.0. The van der Waals surface area contributed by atoms with Crippen LogP contribution in [-0.2, 0) is 15.1 Å². The number of hydrogen-bond donors (Lipinski definition) is 1. The van der Waals surface area contributed by atoms with Crippen molar-refractivity contribution >= 4 is 28.4 Å². The lowest BCUT2D eigenvalue weighted by Gasteiger charge is -2.34. The number of nitrogens with one attached hydrogen (secondary N) is 1. The Balaban J connectivity index is 2.36. The van der Waals surface area contributed by atoms with Gasteiger partial charge in [0.15, 0.2) is 0 Å². The molecule has 9 nitrogen and oxygen atoms in total. The average molecular weight is 330 g/mol. The van der Waals surface area contributed by atoms with Gasteiger partial charge in [0.1, 0.15) is 16.7 Å². The first-order chi connectivity index (χ1) is 11.3. The SMILES string of the molecule is Cc1nc2cccc([N+](=O)[O-])c2c(=O)n1[C@]1(C)CCC(=O)NC1=O. The van der Waals surface area contributed by atoms with Gasteiger partial charge in [-0.2, -0.15) is 0 Å². The summed E-state index contributed by atoms with van der Waals surface area (Å²) in [5.74, 6) is -0.786. The number of non-ortho nitro benzene ring substituents is 1. The Morgan fingerprint density at radius 1 is 1.33 bits per heavy atom. The highest BCUT2D eigenvalue weighted by Crippen LogP contribution is 2.28. The van der Waals surface area contributed by atoms with Gasteiger partial charge in [0.05, 0.1) is 10.4 Å². The monoisotopic (exact) mass is 330 g/mol. The van der Waals surface area contributed by atoms with Crippen LogP contribution in [0.1, 0.15) is 25.6 Å². The number of amides is 2. The van der Waals surface area contributed by atoms with Gasteiger partial charge >= 0.3 is 0 Å². The molecule has 1 N–H and O–H groups in total. The van der Waals surface area contributed by atoms with Crippen molar-refractivity contribution < 1.29 is 14.5 Å². The summed E-state index contributed by atoms with van der Waals surface area (Å²) in [4.78, 5) is 51.5. The van der Waals surface area contributed by atoms with E-state index in [0.717, 1.165) is 4.57 Å². The zero-order chi connectivity index (χ0) is 17.6. The minimum Gasteiger partial charge on any atom is -0.294 e. The third-order valence-electron chi connectivity index (χ3n) is 4.31. The second kappa shape index (κ2) is 5.22. The first-order valence-corrected chi connectivity index (χ1v) is 7.27. The lowest BCUT2D eigenvalue weighted by molar-refractivity contribution is -0.383. The molecule has 0 saturated carbocycles. The van der Waals surface area contributed by atoms with Crippen LogP contribution >= 0.6 is 0 Å². The summed E-state index contributed by atoms with van der Waals surface area (Å²) in [6, 6.07) is 4.18. The molecule has 0 aliphatic carbocycles. The van der Waals surface area contributed by atoms with Crippen molar-refractivity contribution in [2.24, 2.45) is 0 Å². The normalized spacial score (nSPS) is 20.9. The highest BCUT2D eigenvalue weighted by molar-refractivity contribution is 6.01. The zero-order valence-corrected chi connectivity index (χ0v) is 13.0. The van der Waals surface area contributed by atoms with Gasteiger partial charge in [-0.15, -0.1) is 0 Å². The van der Waals surface area contributed by atoms with Gasteiger partial charge in [-0.25, -0.2) is 4.98 Å². The van der Waals surface area contributed by atoms with Crippen molar-refractivity contribution in [1.82, 2.24) is 14.9 Å². The van der Waals surface area contributed by atoms with Gasteiger partial charge in [0.25, 0.3) is 17.2 Å². The summed E-state index contributed by atoms with van der Waals surface area (Å²) >= 11 is 0. The van der Waals surface area contributed by atoms with E-state index >= 15 is 0 Å². The van der Waals surface area contributed by atoms with E-state index in [0.29, 0.717) is 0 Å². The van der Waals surface area contributed by atoms with E-state index in [2.05, 4.69) is 10.3 Å². The van der Waals surface area contributed by atoms with Gasteiger partial charge in [-0.05, 0) is 26.3 Å². The number of benzene rings is 1. The van der Waals surface area contributed by atoms with E-state index < -0.39 is 27.8 Å². The maximum Gasteiger partial charge on any atom is 0.284 e. The highest BCUT2D eigenvalue weighted by Gasteiger charge is 2.42. The lowest BCUT2D eigenvalue weighted by atomic mass is 9.90. The van der Waals surface area contributed by atoms with Crippen LogP contribution in [-0.4, -0.2) is 26.3 Å². The summed E-state index contributed by atoms with van der Waals surface area (Å²) in [6.45, 7) is 3.07. The van der Waals surface area contributed by atoms with Crippen molar-refractivity contribution in [3.8, 4) is 0 Å². The van der Waals surface area contributed by atoms with Crippen LogP contribution in [0.3, 0.4) is 0 Å². The minimum atomic E-state index is -1.33. The average Bonchev–Trinajstić information content (AvgIpc) is 2.50. The van der Waals surface area contributed by atoms with Crippen LogP contribution in [0.25, 0.3) is 10.9 Å². The molecule has 1 aliphatic rings.